The number of hydrogen-bond donors (Lipinski definition) is 0. The molecule has 0 radical (unpaired) electrons. The van der Waals surface area contributed by atoms with Gasteiger partial charge in [0.05, 0.1) is 0 Å². The van der Waals surface area contributed by atoms with Gasteiger partial charge in [-0.15, -0.1) is 0 Å². The number of carbonyl (C=O) groups excluding carboxylic acids is 1. The molecule has 0 heterocycles. The highest BCUT2D eigenvalue weighted by Gasteiger charge is 2.35. The zero-order valence-corrected chi connectivity index (χ0v) is 12.2. The molecule has 0 N–H and O–H groups in total. The summed E-state index contributed by atoms with van der Waals surface area (Å²) in [4.78, 5) is 14.3. The number of rotatable bonds is 5. The van der Waals surface area contributed by atoms with Crippen LogP contribution in [0.4, 0.5) is 5.69 Å². The second-order valence-corrected chi connectivity index (χ2v) is 6.46. The molecule has 1 aromatic carbocycles. The second kappa shape index (κ2) is 4.69. The van der Waals surface area contributed by atoms with Crippen molar-refractivity contribution in [1.29, 1.82) is 0 Å². The lowest BCUT2D eigenvalue weighted by molar-refractivity contribution is 0.101. The number of Topliss-reactive ketones (excluding diaryl/α,β-unsaturated/α-hetero) is 1. The molecule has 0 saturated heterocycles. The van der Waals surface area contributed by atoms with Gasteiger partial charge in [0, 0.05) is 28.3 Å². The first-order valence-corrected chi connectivity index (χ1v) is 7.51. The van der Waals surface area contributed by atoms with Crippen molar-refractivity contribution in [3.8, 4) is 0 Å². The molecule has 0 unspecified atom stereocenters. The number of nitrogens with zero attached hydrogens (tertiary/aromatic N) is 1. The molecule has 2 aliphatic carbocycles. The van der Waals surface area contributed by atoms with Gasteiger partial charge in [-0.2, -0.15) is 0 Å². The van der Waals surface area contributed by atoms with Gasteiger partial charge in [-0.1, -0.05) is 15.9 Å². The average molecular weight is 308 g/mol. The molecule has 0 amide bonds. The Morgan fingerprint density at radius 1 is 1.33 bits per heavy atom. The minimum atomic E-state index is 0.166. The molecule has 18 heavy (non-hydrogen) atoms. The predicted octanol–water partition coefficient (Wildman–Crippen LogP) is 4.03. The van der Waals surface area contributed by atoms with E-state index in [1.54, 1.807) is 6.92 Å². The first-order valence-electron chi connectivity index (χ1n) is 6.72. The topological polar surface area (TPSA) is 20.3 Å². The quantitative estimate of drug-likeness (QED) is 0.765. The Balaban J connectivity index is 1.95. The minimum absolute atomic E-state index is 0.166. The Morgan fingerprint density at radius 2 is 2.06 bits per heavy atom. The van der Waals surface area contributed by atoms with E-state index in [2.05, 4.69) is 26.9 Å². The predicted molar refractivity (Wildman–Crippen MR) is 77.2 cm³/mol. The number of halogens is 1. The molecule has 0 bridgehead atoms. The van der Waals surface area contributed by atoms with E-state index in [0.717, 1.165) is 28.2 Å². The molecule has 0 atom stereocenters. The Morgan fingerprint density at radius 3 is 2.61 bits per heavy atom. The van der Waals surface area contributed by atoms with Crippen LogP contribution in [0.3, 0.4) is 0 Å². The molecule has 0 aromatic heterocycles. The molecule has 3 heteroatoms. The lowest BCUT2D eigenvalue weighted by atomic mass is 10.1. The van der Waals surface area contributed by atoms with Crippen LogP contribution in [0.2, 0.25) is 0 Å². The first-order chi connectivity index (χ1) is 8.65. The summed E-state index contributed by atoms with van der Waals surface area (Å²) in [6, 6.07) is 6.68. The fourth-order valence-electron chi connectivity index (χ4n) is 2.45. The van der Waals surface area contributed by atoms with Gasteiger partial charge in [-0.3, -0.25) is 4.79 Å². The third-order valence-corrected chi connectivity index (χ3v) is 4.28. The Kier molecular flexibility index (Phi) is 3.18. The molecule has 2 aliphatic rings. The summed E-state index contributed by atoms with van der Waals surface area (Å²) in [5.41, 5.74) is 2.00. The van der Waals surface area contributed by atoms with Crippen LogP contribution in [-0.4, -0.2) is 18.4 Å². The first kappa shape index (κ1) is 12.2. The minimum Gasteiger partial charge on any atom is -0.368 e. The Bertz CT molecular complexity index is 477. The SMILES string of the molecule is CC(=O)c1ccc(Br)cc1N(CC1CC1)C1CC1. The van der Waals surface area contributed by atoms with E-state index < -0.39 is 0 Å². The van der Waals surface area contributed by atoms with Gasteiger partial charge in [0.25, 0.3) is 0 Å². The number of carbonyl (C=O) groups is 1. The lowest BCUT2D eigenvalue weighted by Crippen LogP contribution is -2.29. The monoisotopic (exact) mass is 307 g/mol. The van der Waals surface area contributed by atoms with E-state index in [1.165, 1.54) is 25.7 Å². The third kappa shape index (κ3) is 2.61. The summed E-state index contributed by atoms with van der Waals surface area (Å²) in [6.07, 6.45) is 5.26. The van der Waals surface area contributed by atoms with Gasteiger partial charge in [0.1, 0.15) is 0 Å². The number of benzene rings is 1. The highest BCUT2D eigenvalue weighted by atomic mass is 79.9. The molecular weight excluding hydrogens is 290 g/mol. The highest BCUT2D eigenvalue weighted by molar-refractivity contribution is 9.10. The van der Waals surface area contributed by atoms with Crippen LogP contribution in [0.1, 0.15) is 43.0 Å². The van der Waals surface area contributed by atoms with Gasteiger partial charge in [0.15, 0.2) is 5.78 Å². The average Bonchev–Trinajstić information content (AvgIpc) is 3.18. The van der Waals surface area contributed by atoms with Crippen LogP contribution in [0.5, 0.6) is 0 Å². The highest BCUT2D eigenvalue weighted by Crippen LogP contribution is 2.39. The maximum Gasteiger partial charge on any atom is 0.161 e. The summed E-state index contributed by atoms with van der Waals surface area (Å²) in [5, 5.41) is 0. The molecule has 0 aliphatic heterocycles. The third-order valence-electron chi connectivity index (χ3n) is 3.79. The normalized spacial score (nSPS) is 18.8. The van der Waals surface area contributed by atoms with Gasteiger partial charge in [0.2, 0.25) is 0 Å². The molecule has 96 valence electrons. The largest absolute Gasteiger partial charge is 0.368 e. The molecule has 3 rings (SSSR count). The van der Waals surface area contributed by atoms with Crippen molar-refractivity contribution in [3.05, 3.63) is 28.2 Å². The van der Waals surface area contributed by atoms with Crippen molar-refractivity contribution < 1.29 is 4.79 Å². The Hall–Kier alpha value is -0.830. The zero-order valence-electron chi connectivity index (χ0n) is 10.7. The maximum atomic E-state index is 11.8. The molecular formula is C15H18BrNO. The van der Waals surface area contributed by atoms with E-state index in [-0.39, 0.29) is 5.78 Å². The van der Waals surface area contributed by atoms with Crippen LogP contribution in [0.25, 0.3) is 0 Å². The smallest absolute Gasteiger partial charge is 0.161 e. The van der Waals surface area contributed by atoms with Crippen molar-refractivity contribution in [2.24, 2.45) is 5.92 Å². The standard InChI is InChI=1S/C15H18BrNO/c1-10(18)14-7-4-12(16)8-15(14)17(13-5-6-13)9-11-2-3-11/h4,7-8,11,13H,2-3,5-6,9H2,1H3. The molecule has 2 fully saturated rings. The fourth-order valence-corrected chi connectivity index (χ4v) is 2.80. The summed E-state index contributed by atoms with van der Waals surface area (Å²) < 4.78 is 1.06. The summed E-state index contributed by atoms with van der Waals surface area (Å²) in [6.45, 7) is 2.79. The van der Waals surface area contributed by atoms with E-state index >= 15 is 0 Å². The maximum absolute atomic E-state index is 11.8. The van der Waals surface area contributed by atoms with E-state index in [9.17, 15) is 4.79 Å². The van der Waals surface area contributed by atoms with Crippen LogP contribution >= 0.6 is 15.9 Å². The summed E-state index contributed by atoms with van der Waals surface area (Å²) in [5.74, 6) is 1.02. The van der Waals surface area contributed by atoms with Gasteiger partial charge >= 0.3 is 0 Å². The second-order valence-electron chi connectivity index (χ2n) is 5.54. The molecule has 1 aromatic rings. The van der Waals surface area contributed by atoms with Crippen LogP contribution in [-0.2, 0) is 0 Å². The van der Waals surface area contributed by atoms with Gasteiger partial charge in [-0.25, -0.2) is 0 Å². The van der Waals surface area contributed by atoms with Crippen molar-refractivity contribution >= 4 is 27.4 Å². The van der Waals surface area contributed by atoms with E-state index in [4.69, 9.17) is 0 Å². The van der Waals surface area contributed by atoms with Gasteiger partial charge in [-0.05, 0) is 56.7 Å². The number of hydrogen-bond acceptors (Lipinski definition) is 2. The van der Waals surface area contributed by atoms with Crippen molar-refractivity contribution in [2.75, 3.05) is 11.4 Å². The van der Waals surface area contributed by atoms with Gasteiger partial charge < -0.3 is 4.90 Å². The Labute approximate surface area is 116 Å². The number of anilines is 1. The van der Waals surface area contributed by atoms with E-state index in [0.29, 0.717) is 6.04 Å². The molecule has 2 nitrogen and oxygen atoms in total. The van der Waals surface area contributed by atoms with Crippen molar-refractivity contribution in [1.82, 2.24) is 0 Å². The lowest BCUT2D eigenvalue weighted by Gasteiger charge is -2.27. The molecule has 2 saturated carbocycles. The molecule has 0 spiro atoms. The van der Waals surface area contributed by atoms with E-state index in [1.807, 2.05) is 12.1 Å². The van der Waals surface area contributed by atoms with Crippen LogP contribution in [0.15, 0.2) is 22.7 Å². The summed E-state index contributed by atoms with van der Waals surface area (Å²) >= 11 is 3.53. The van der Waals surface area contributed by atoms with Crippen LogP contribution in [0, 0.1) is 5.92 Å². The number of ketones is 1. The van der Waals surface area contributed by atoms with Crippen molar-refractivity contribution in [3.63, 3.8) is 0 Å². The zero-order chi connectivity index (χ0) is 12.7. The fraction of sp³-hybridized carbons (Fsp3) is 0.533. The summed E-state index contributed by atoms with van der Waals surface area (Å²) in [7, 11) is 0. The van der Waals surface area contributed by atoms with Crippen molar-refractivity contribution in [2.45, 2.75) is 38.6 Å². The van der Waals surface area contributed by atoms with Crippen LogP contribution < -0.4 is 4.90 Å².